The van der Waals surface area contributed by atoms with E-state index in [1.165, 1.54) is 6.08 Å². The third-order valence-electron chi connectivity index (χ3n) is 3.92. The smallest absolute Gasteiger partial charge is 0.303 e. The molecular weight excluding hydrogens is 296 g/mol. The van der Waals surface area contributed by atoms with Gasteiger partial charge in [-0.2, -0.15) is 0 Å². The Bertz CT molecular complexity index is 317. The summed E-state index contributed by atoms with van der Waals surface area (Å²) in [7, 11) is 0. The molecule has 0 radical (unpaired) electrons. The molecule has 136 valence electrons. The summed E-state index contributed by atoms with van der Waals surface area (Å²) in [6.07, 6.45) is 9.60. The van der Waals surface area contributed by atoms with Crippen LogP contribution in [0.3, 0.4) is 0 Å². The highest BCUT2D eigenvalue weighted by atomic mass is 16.4. The number of aliphatic carboxylic acids is 1. The third-order valence-corrected chi connectivity index (χ3v) is 3.92. The second-order valence-electron chi connectivity index (χ2n) is 6.21. The lowest BCUT2D eigenvalue weighted by Crippen LogP contribution is -2.24. The van der Waals surface area contributed by atoms with E-state index in [1.54, 1.807) is 6.08 Å². The minimum absolute atomic E-state index is 0.226. The Hall–Kier alpha value is -0.910. The second kappa shape index (κ2) is 14.7. The molecule has 0 fully saturated rings. The molecule has 5 heteroatoms. The van der Waals surface area contributed by atoms with Crippen molar-refractivity contribution >= 4 is 5.97 Å². The quantitative estimate of drug-likeness (QED) is 0.273. The van der Waals surface area contributed by atoms with Gasteiger partial charge in [-0.25, -0.2) is 0 Å². The van der Waals surface area contributed by atoms with E-state index >= 15 is 0 Å². The minimum Gasteiger partial charge on any atom is -0.481 e. The molecule has 0 spiro atoms. The fourth-order valence-electron chi connectivity index (χ4n) is 2.40. The number of hydrogen-bond donors (Lipinski definition) is 4. The number of unbranched alkanes of at least 4 members (excludes halogenated alkanes) is 6. The highest BCUT2D eigenvalue weighted by Gasteiger charge is 2.12. The van der Waals surface area contributed by atoms with Crippen LogP contribution in [0.2, 0.25) is 0 Å². The number of carboxylic acid groups (broad SMARTS) is 1. The molecule has 0 aliphatic rings. The van der Waals surface area contributed by atoms with Crippen LogP contribution in [0.25, 0.3) is 0 Å². The monoisotopic (exact) mass is 330 g/mol. The first kappa shape index (κ1) is 22.1. The summed E-state index contributed by atoms with van der Waals surface area (Å²) in [6.45, 7) is 2.09. The van der Waals surface area contributed by atoms with E-state index in [1.807, 2.05) is 0 Å². The van der Waals surface area contributed by atoms with E-state index in [4.69, 9.17) is 5.11 Å². The zero-order chi connectivity index (χ0) is 17.5. The van der Waals surface area contributed by atoms with Crippen molar-refractivity contribution in [3.63, 3.8) is 0 Å². The molecular formula is C18H34O5. The first-order valence-electron chi connectivity index (χ1n) is 8.91. The van der Waals surface area contributed by atoms with E-state index in [9.17, 15) is 20.1 Å². The van der Waals surface area contributed by atoms with Gasteiger partial charge in [0.15, 0.2) is 0 Å². The Morgan fingerprint density at radius 1 is 0.870 bits per heavy atom. The largest absolute Gasteiger partial charge is 0.481 e. The lowest BCUT2D eigenvalue weighted by molar-refractivity contribution is -0.137. The SMILES string of the molecule is CCCCC[C@H](O)[C@H](O)C=C[C@H](O)CCCCCCCC(=O)O. The molecule has 0 aromatic carbocycles. The summed E-state index contributed by atoms with van der Waals surface area (Å²) >= 11 is 0. The van der Waals surface area contributed by atoms with Crippen molar-refractivity contribution in [3.05, 3.63) is 12.2 Å². The van der Waals surface area contributed by atoms with Crippen molar-refractivity contribution in [2.24, 2.45) is 0 Å². The van der Waals surface area contributed by atoms with Gasteiger partial charge in [0.2, 0.25) is 0 Å². The van der Waals surface area contributed by atoms with Gasteiger partial charge in [-0.1, -0.05) is 64.0 Å². The molecule has 0 heterocycles. The summed E-state index contributed by atoms with van der Waals surface area (Å²) in [4.78, 5) is 10.3. The normalized spacial score (nSPS) is 15.7. The summed E-state index contributed by atoms with van der Waals surface area (Å²) in [5.41, 5.74) is 0. The molecule has 0 bridgehead atoms. The van der Waals surface area contributed by atoms with Gasteiger partial charge in [0, 0.05) is 6.42 Å². The molecule has 5 nitrogen and oxygen atoms in total. The predicted molar refractivity (Wildman–Crippen MR) is 91.3 cm³/mol. The second-order valence-corrected chi connectivity index (χ2v) is 6.21. The molecule has 0 saturated heterocycles. The fraction of sp³-hybridized carbons (Fsp3) is 0.833. The van der Waals surface area contributed by atoms with Crippen LogP contribution in [-0.4, -0.2) is 44.7 Å². The van der Waals surface area contributed by atoms with E-state index in [2.05, 4.69) is 6.92 Å². The summed E-state index contributed by atoms with van der Waals surface area (Å²) in [6, 6.07) is 0. The van der Waals surface area contributed by atoms with Gasteiger partial charge in [-0.05, 0) is 19.3 Å². The van der Waals surface area contributed by atoms with Gasteiger partial charge in [0.1, 0.15) is 0 Å². The molecule has 0 unspecified atom stereocenters. The number of hydrogen-bond acceptors (Lipinski definition) is 4. The average Bonchev–Trinajstić information content (AvgIpc) is 2.51. The zero-order valence-electron chi connectivity index (χ0n) is 14.4. The number of carbonyl (C=O) groups is 1. The first-order valence-corrected chi connectivity index (χ1v) is 8.91. The van der Waals surface area contributed by atoms with Gasteiger partial charge in [-0.15, -0.1) is 0 Å². The molecule has 0 aliphatic carbocycles. The van der Waals surface area contributed by atoms with Crippen LogP contribution in [0.4, 0.5) is 0 Å². The van der Waals surface area contributed by atoms with Gasteiger partial charge >= 0.3 is 5.97 Å². The molecule has 3 atom stereocenters. The molecule has 0 amide bonds. The van der Waals surface area contributed by atoms with Crippen LogP contribution in [0, 0.1) is 0 Å². The van der Waals surface area contributed by atoms with Crippen LogP contribution in [0.1, 0.15) is 77.6 Å². The van der Waals surface area contributed by atoms with Crippen LogP contribution in [-0.2, 0) is 4.79 Å². The summed E-state index contributed by atoms with van der Waals surface area (Å²) in [5.74, 6) is -0.749. The molecule has 0 aliphatic heterocycles. The highest BCUT2D eigenvalue weighted by molar-refractivity contribution is 5.66. The first-order chi connectivity index (χ1) is 11.0. The van der Waals surface area contributed by atoms with Crippen molar-refractivity contribution in [3.8, 4) is 0 Å². The van der Waals surface area contributed by atoms with Crippen LogP contribution in [0.5, 0.6) is 0 Å². The van der Waals surface area contributed by atoms with Gasteiger partial charge < -0.3 is 20.4 Å². The summed E-state index contributed by atoms with van der Waals surface area (Å²) < 4.78 is 0. The van der Waals surface area contributed by atoms with Crippen LogP contribution >= 0.6 is 0 Å². The highest BCUT2D eigenvalue weighted by Crippen LogP contribution is 2.11. The van der Waals surface area contributed by atoms with Crippen molar-refractivity contribution < 1.29 is 25.2 Å². The molecule has 0 rings (SSSR count). The Morgan fingerprint density at radius 2 is 1.48 bits per heavy atom. The molecule has 23 heavy (non-hydrogen) atoms. The van der Waals surface area contributed by atoms with E-state index < -0.39 is 24.3 Å². The lowest BCUT2D eigenvalue weighted by Gasteiger charge is -2.14. The average molecular weight is 330 g/mol. The Morgan fingerprint density at radius 3 is 2.13 bits per heavy atom. The fourth-order valence-corrected chi connectivity index (χ4v) is 2.40. The van der Waals surface area contributed by atoms with Crippen molar-refractivity contribution in [1.82, 2.24) is 0 Å². The number of aliphatic hydroxyl groups is 3. The topological polar surface area (TPSA) is 98.0 Å². The zero-order valence-corrected chi connectivity index (χ0v) is 14.4. The van der Waals surface area contributed by atoms with Gasteiger partial charge in [0.25, 0.3) is 0 Å². The number of carboxylic acids is 1. The van der Waals surface area contributed by atoms with Crippen molar-refractivity contribution in [1.29, 1.82) is 0 Å². The Labute approximate surface area is 140 Å². The van der Waals surface area contributed by atoms with Gasteiger partial charge in [-0.3, -0.25) is 4.79 Å². The minimum atomic E-state index is -0.919. The maximum Gasteiger partial charge on any atom is 0.303 e. The lowest BCUT2D eigenvalue weighted by atomic mass is 10.0. The van der Waals surface area contributed by atoms with Crippen LogP contribution in [0.15, 0.2) is 12.2 Å². The Balaban J connectivity index is 3.66. The number of aliphatic hydroxyl groups excluding tert-OH is 3. The van der Waals surface area contributed by atoms with Gasteiger partial charge in [0.05, 0.1) is 18.3 Å². The molecule has 0 aromatic rings. The maximum atomic E-state index is 10.3. The molecule has 0 aromatic heterocycles. The van der Waals surface area contributed by atoms with E-state index in [0.29, 0.717) is 19.3 Å². The molecule has 4 N–H and O–H groups in total. The van der Waals surface area contributed by atoms with Crippen molar-refractivity contribution in [2.45, 2.75) is 95.9 Å². The third kappa shape index (κ3) is 14.4. The van der Waals surface area contributed by atoms with E-state index in [-0.39, 0.29) is 6.42 Å². The number of rotatable bonds is 15. The Kier molecular flexibility index (Phi) is 14.1. The maximum absolute atomic E-state index is 10.3. The van der Waals surface area contributed by atoms with E-state index in [0.717, 1.165) is 44.9 Å². The van der Waals surface area contributed by atoms with Crippen LogP contribution < -0.4 is 0 Å². The van der Waals surface area contributed by atoms with Crippen molar-refractivity contribution in [2.75, 3.05) is 0 Å². The standard InChI is InChI=1S/C18H34O5/c1-2-3-7-11-16(20)17(21)14-13-15(19)10-8-5-4-6-9-12-18(22)23/h13-17,19-21H,2-12H2,1H3,(H,22,23)/t15-,16+,17-/m1/s1. The predicted octanol–water partition coefficient (Wildman–Crippen LogP) is 3.02. The molecule has 0 saturated carbocycles. The summed E-state index contributed by atoms with van der Waals surface area (Å²) in [5, 5.41) is 37.9.